The summed E-state index contributed by atoms with van der Waals surface area (Å²) < 4.78 is 4.09. The molecule has 0 amide bonds. The Morgan fingerprint density at radius 2 is 2.05 bits per heavy atom. The molecule has 5 nitrogen and oxygen atoms in total. The monoisotopic (exact) mass is 277 g/mol. The van der Waals surface area contributed by atoms with Crippen molar-refractivity contribution in [1.82, 2.24) is 4.37 Å². The molecule has 1 aromatic carbocycles. The SMILES string of the molecule is Cc1nsc(Nc2ccccc2N(C)C)c1C(=O)O. The van der Waals surface area contributed by atoms with Gasteiger partial charge in [0, 0.05) is 14.1 Å². The molecule has 19 heavy (non-hydrogen) atoms. The second-order valence-electron chi connectivity index (χ2n) is 4.31. The lowest BCUT2D eigenvalue weighted by atomic mass is 10.2. The van der Waals surface area contributed by atoms with E-state index in [2.05, 4.69) is 9.69 Å². The van der Waals surface area contributed by atoms with Gasteiger partial charge in [0.2, 0.25) is 0 Å². The summed E-state index contributed by atoms with van der Waals surface area (Å²) in [5.74, 6) is -0.962. The third-order valence-electron chi connectivity index (χ3n) is 2.71. The van der Waals surface area contributed by atoms with Gasteiger partial charge in [-0.2, -0.15) is 4.37 Å². The van der Waals surface area contributed by atoms with Crippen LogP contribution in [0, 0.1) is 6.92 Å². The summed E-state index contributed by atoms with van der Waals surface area (Å²) in [4.78, 5) is 13.2. The van der Waals surface area contributed by atoms with Gasteiger partial charge in [0.25, 0.3) is 0 Å². The lowest BCUT2D eigenvalue weighted by molar-refractivity contribution is 0.0697. The smallest absolute Gasteiger partial charge is 0.340 e. The number of rotatable bonds is 4. The fourth-order valence-corrected chi connectivity index (χ4v) is 2.60. The highest BCUT2D eigenvalue weighted by Crippen LogP contribution is 2.32. The predicted octanol–water partition coefficient (Wildman–Crippen LogP) is 2.96. The van der Waals surface area contributed by atoms with Crippen molar-refractivity contribution in [2.24, 2.45) is 0 Å². The summed E-state index contributed by atoms with van der Waals surface area (Å²) in [6, 6.07) is 7.73. The minimum Gasteiger partial charge on any atom is -0.478 e. The summed E-state index contributed by atoms with van der Waals surface area (Å²) in [5.41, 5.74) is 2.62. The van der Waals surface area contributed by atoms with Gasteiger partial charge in [-0.25, -0.2) is 4.79 Å². The molecule has 2 N–H and O–H groups in total. The zero-order valence-electron chi connectivity index (χ0n) is 11.0. The number of hydrogen-bond donors (Lipinski definition) is 2. The van der Waals surface area contributed by atoms with E-state index in [4.69, 9.17) is 0 Å². The second kappa shape index (κ2) is 5.27. The van der Waals surface area contributed by atoms with Crippen LogP contribution in [0.4, 0.5) is 16.4 Å². The van der Waals surface area contributed by atoms with Crippen LogP contribution >= 0.6 is 11.5 Å². The van der Waals surface area contributed by atoms with E-state index >= 15 is 0 Å². The van der Waals surface area contributed by atoms with Crippen LogP contribution in [-0.2, 0) is 0 Å². The topological polar surface area (TPSA) is 65.5 Å². The average molecular weight is 277 g/mol. The molecule has 0 spiro atoms. The molecule has 0 aliphatic rings. The van der Waals surface area contributed by atoms with Crippen LogP contribution < -0.4 is 10.2 Å². The van der Waals surface area contributed by atoms with Gasteiger partial charge in [0.1, 0.15) is 10.6 Å². The molecule has 0 fully saturated rings. The molecular formula is C13H15N3O2S. The van der Waals surface area contributed by atoms with Crippen molar-refractivity contribution in [3.63, 3.8) is 0 Å². The van der Waals surface area contributed by atoms with Gasteiger partial charge in [-0.3, -0.25) is 0 Å². The van der Waals surface area contributed by atoms with Crippen molar-refractivity contribution >= 4 is 33.9 Å². The minimum absolute atomic E-state index is 0.235. The third-order valence-corrected chi connectivity index (χ3v) is 3.56. The Bertz CT molecular complexity index is 608. The van der Waals surface area contributed by atoms with Crippen LogP contribution in [0.15, 0.2) is 24.3 Å². The fraction of sp³-hybridized carbons (Fsp3) is 0.231. The number of aryl methyl sites for hydroxylation is 1. The molecule has 0 saturated heterocycles. The number of para-hydroxylation sites is 2. The molecule has 6 heteroatoms. The van der Waals surface area contributed by atoms with Gasteiger partial charge in [-0.05, 0) is 30.6 Å². The molecule has 0 atom stereocenters. The molecule has 0 radical (unpaired) electrons. The van der Waals surface area contributed by atoms with Crippen molar-refractivity contribution in [2.45, 2.75) is 6.92 Å². The molecule has 0 unspecified atom stereocenters. The maximum atomic E-state index is 11.2. The zero-order chi connectivity index (χ0) is 14.0. The van der Waals surface area contributed by atoms with E-state index in [0.29, 0.717) is 10.7 Å². The molecule has 0 aliphatic carbocycles. The number of benzene rings is 1. The molecule has 0 bridgehead atoms. The highest BCUT2D eigenvalue weighted by Gasteiger charge is 2.18. The first kappa shape index (κ1) is 13.4. The molecule has 0 saturated carbocycles. The van der Waals surface area contributed by atoms with Crippen molar-refractivity contribution < 1.29 is 9.90 Å². The lowest BCUT2D eigenvalue weighted by Crippen LogP contribution is -2.11. The van der Waals surface area contributed by atoms with E-state index in [1.54, 1.807) is 6.92 Å². The molecular weight excluding hydrogens is 262 g/mol. The number of aromatic nitrogens is 1. The summed E-state index contributed by atoms with van der Waals surface area (Å²) in [7, 11) is 3.88. The van der Waals surface area contributed by atoms with Crippen LogP contribution in [0.2, 0.25) is 0 Å². The number of nitrogens with zero attached hydrogens (tertiary/aromatic N) is 2. The van der Waals surface area contributed by atoms with Crippen LogP contribution in [0.5, 0.6) is 0 Å². The lowest BCUT2D eigenvalue weighted by Gasteiger charge is -2.17. The highest BCUT2D eigenvalue weighted by atomic mass is 32.1. The number of hydrogen-bond acceptors (Lipinski definition) is 5. The van der Waals surface area contributed by atoms with E-state index in [9.17, 15) is 9.90 Å². The average Bonchev–Trinajstić information content (AvgIpc) is 2.71. The van der Waals surface area contributed by atoms with Crippen LogP contribution in [0.25, 0.3) is 0 Å². The first-order valence-corrected chi connectivity index (χ1v) is 6.51. The summed E-state index contributed by atoms with van der Waals surface area (Å²) in [5, 5.41) is 12.9. The number of carbonyl (C=O) groups is 1. The van der Waals surface area contributed by atoms with E-state index in [-0.39, 0.29) is 5.56 Å². The Labute approximate surface area is 115 Å². The highest BCUT2D eigenvalue weighted by molar-refractivity contribution is 7.10. The first-order chi connectivity index (χ1) is 9.00. The quantitative estimate of drug-likeness (QED) is 0.899. The number of aromatic carboxylic acids is 1. The number of anilines is 3. The minimum atomic E-state index is -0.962. The molecule has 1 aromatic heterocycles. The van der Waals surface area contributed by atoms with E-state index < -0.39 is 5.97 Å². The summed E-state index contributed by atoms with van der Waals surface area (Å²) in [6.07, 6.45) is 0. The Hall–Kier alpha value is -2.08. The van der Waals surface area contributed by atoms with Crippen LogP contribution in [-0.4, -0.2) is 29.5 Å². The van der Waals surface area contributed by atoms with E-state index in [1.807, 2.05) is 43.3 Å². The van der Waals surface area contributed by atoms with Gasteiger partial charge in [0.05, 0.1) is 17.1 Å². The summed E-state index contributed by atoms with van der Waals surface area (Å²) in [6.45, 7) is 1.70. The third kappa shape index (κ3) is 2.68. The number of nitrogens with one attached hydrogen (secondary N) is 1. The van der Waals surface area contributed by atoms with Crippen LogP contribution in [0.3, 0.4) is 0 Å². The zero-order valence-corrected chi connectivity index (χ0v) is 11.8. The Morgan fingerprint density at radius 1 is 1.37 bits per heavy atom. The maximum Gasteiger partial charge on any atom is 0.340 e. The normalized spacial score (nSPS) is 10.3. The Morgan fingerprint density at radius 3 is 2.68 bits per heavy atom. The largest absolute Gasteiger partial charge is 0.478 e. The predicted molar refractivity (Wildman–Crippen MR) is 77.9 cm³/mol. The molecule has 1 heterocycles. The fourth-order valence-electron chi connectivity index (χ4n) is 1.80. The van der Waals surface area contributed by atoms with E-state index in [0.717, 1.165) is 22.9 Å². The Kier molecular flexibility index (Phi) is 3.71. The number of carboxylic acids is 1. The maximum absolute atomic E-state index is 11.2. The van der Waals surface area contributed by atoms with Gasteiger partial charge in [-0.1, -0.05) is 12.1 Å². The molecule has 2 aromatic rings. The van der Waals surface area contributed by atoms with Gasteiger partial charge in [0.15, 0.2) is 0 Å². The van der Waals surface area contributed by atoms with E-state index in [1.165, 1.54) is 0 Å². The summed E-state index contributed by atoms with van der Waals surface area (Å²) >= 11 is 1.16. The molecule has 2 rings (SSSR count). The van der Waals surface area contributed by atoms with Crippen molar-refractivity contribution in [2.75, 3.05) is 24.3 Å². The first-order valence-electron chi connectivity index (χ1n) is 5.73. The van der Waals surface area contributed by atoms with Crippen molar-refractivity contribution in [1.29, 1.82) is 0 Å². The van der Waals surface area contributed by atoms with Crippen LogP contribution in [0.1, 0.15) is 16.1 Å². The number of carboxylic acid groups (broad SMARTS) is 1. The van der Waals surface area contributed by atoms with Gasteiger partial charge in [-0.15, -0.1) is 0 Å². The molecule has 0 aliphatic heterocycles. The van der Waals surface area contributed by atoms with Crippen molar-refractivity contribution in [3.05, 3.63) is 35.5 Å². The molecule has 100 valence electrons. The van der Waals surface area contributed by atoms with Crippen molar-refractivity contribution in [3.8, 4) is 0 Å². The standard InChI is InChI=1S/C13H15N3O2S/c1-8-11(13(17)18)12(19-15-8)14-9-6-4-5-7-10(9)16(2)3/h4-7,14H,1-3H3,(H,17,18). The van der Waals surface area contributed by atoms with Gasteiger partial charge >= 0.3 is 5.97 Å². The Balaban J connectivity index is 2.40. The second-order valence-corrected chi connectivity index (χ2v) is 5.09. The van der Waals surface area contributed by atoms with Gasteiger partial charge < -0.3 is 15.3 Å².